The molecule has 0 aliphatic carbocycles. The number of carbonyl (C=O) groups excluding carboxylic acids is 2. The number of amides is 2. The van der Waals surface area contributed by atoms with E-state index in [-0.39, 0.29) is 31.2 Å². The van der Waals surface area contributed by atoms with Crippen molar-refractivity contribution < 1.29 is 19.5 Å². The van der Waals surface area contributed by atoms with Crippen LogP contribution in [0, 0.1) is 0 Å². The van der Waals surface area contributed by atoms with E-state index in [1.165, 1.54) is 89.9 Å². The Balaban J connectivity index is 0. The van der Waals surface area contributed by atoms with Crippen LogP contribution in [-0.2, 0) is 14.4 Å². The summed E-state index contributed by atoms with van der Waals surface area (Å²) in [5.41, 5.74) is 5.05. The molecule has 2 unspecified atom stereocenters. The molecule has 0 heterocycles. The molecule has 0 aromatic heterocycles. The van der Waals surface area contributed by atoms with Gasteiger partial charge in [0.25, 0.3) is 0 Å². The number of carbonyl (C=O) groups is 3. The van der Waals surface area contributed by atoms with Crippen LogP contribution in [0.1, 0.15) is 129 Å². The van der Waals surface area contributed by atoms with Crippen molar-refractivity contribution in [1.29, 1.82) is 0 Å². The second-order valence-corrected chi connectivity index (χ2v) is 9.38. The minimum atomic E-state index is -1.16. The second kappa shape index (κ2) is 24.8. The lowest BCUT2D eigenvalue weighted by molar-refractivity contribution is -0.142. The number of halogens is 1. The third-order valence-corrected chi connectivity index (χ3v) is 6.17. The summed E-state index contributed by atoms with van der Waals surface area (Å²) in [4.78, 5) is 34.2. The van der Waals surface area contributed by atoms with Gasteiger partial charge >= 0.3 is 5.97 Å². The third-order valence-electron chi connectivity index (χ3n) is 6.17. The highest BCUT2D eigenvalue weighted by molar-refractivity contribution is 5.87. The Hall–Kier alpha value is -1.34. The van der Waals surface area contributed by atoms with Crippen LogP contribution >= 0.6 is 12.4 Å². The lowest BCUT2D eigenvalue weighted by atomic mass is 10.0. The summed E-state index contributed by atoms with van der Waals surface area (Å²) in [5.74, 6) is -2.11. The topological polar surface area (TPSA) is 122 Å². The van der Waals surface area contributed by atoms with Gasteiger partial charge in [0.15, 0.2) is 0 Å². The molecular weight excluding hydrogens is 454 g/mol. The highest BCUT2D eigenvalue weighted by Gasteiger charge is 2.23. The SMILES string of the molecule is CCCCCCCCCCCCCCCCCCNC(C)C(=O)NC(CCC(N)=O)C(=O)O.Cl. The van der Waals surface area contributed by atoms with E-state index in [1.807, 2.05) is 0 Å². The van der Waals surface area contributed by atoms with Gasteiger partial charge in [0.05, 0.1) is 6.04 Å². The number of carboxylic acid groups (broad SMARTS) is 1. The molecule has 0 saturated carbocycles. The molecule has 8 heteroatoms. The predicted octanol–water partition coefficient (Wildman–Crippen LogP) is 5.48. The van der Waals surface area contributed by atoms with E-state index >= 15 is 0 Å². The van der Waals surface area contributed by atoms with Gasteiger partial charge < -0.3 is 21.5 Å². The van der Waals surface area contributed by atoms with Crippen molar-refractivity contribution in [3.05, 3.63) is 0 Å². The van der Waals surface area contributed by atoms with E-state index in [0.29, 0.717) is 0 Å². The first kappa shape index (κ1) is 34.8. The van der Waals surface area contributed by atoms with E-state index < -0.39 is 24.0 Å². The van der Waals surface area contributed by atoms with Crippen molar-refractivity contribution in [3.63, 3.8) is 0 Å². The fraction of sp³-hybridized carbons (Fsp3) is 0.885. The van der Waals surface area contributed by atoms with Crippen molar-refractivity contribution in [3.8, 4) is 0 Å². The number of unbranched alkanes of at least 4 members (excludes halogenated alkanes) is 15. The molecule has 202 valence electrons. The van der Waals surface area contributed by atoms with Gasteiger partial charge in [-0.1, -0.05) is 103 Å². The van der Waals surface area contributed by atoms with Crippen LogP contribution in [0.2, 0.25) is 0 Å². The molecule has 7 nitrogen and oxygen atoms in total. The lowest BCUT2D eigenvalue weighted by Crippen LogP contribution is -2.49. The molecule has 0 radical (unpaired) electrons. The van der Waals surface area contributed by atoms with Crippen molar-refractivity contribution in [1.82, 2.24) is 10.6 Å². The van der Waals surface area contributed by atoms with Gasteiger partial charge in [-0.15, -0.1) is 12.4 Å². The number of aliphatic carboxylic acids is 1. The van der Waals surface area contributed by atoms with Crippen molar-refractivity contribution in [2.75, 3.05) is 6.54 Å². The molecule has 0 aromatic carbocycles. The van der Waals surface area contributed by atoms with Crippen LogP contribution in [0.3, 0.4) is 0 Å². The summed E-state index contributed by atoms with van der Waals surface area (Å²) in [6.07, 6.45) is 21.1. The maximum atomic E-state index is 12.2. The van der Waals surface area contributed by atoms with Gasteiger partial charge in [0.2, 0.25) is 11.8 Å². The zero-order chi connectivity index (χ0) is 24.7. The molecule has 0 spiro atoms. The van der Waals surface area contributed by atoms with E-state index in [2.05, 4.69) is 17.6 Å². The van der Waals surface area contributed by atoms with Gasteiger partial charge in [0.1, 0.15) is 6.04 Å². The van der Waals surface area contributed by atoms with E-state index in [9.17, 15) is 14.4 Å². The summed E-state index contributed by atoms with van der Waals surface area (Å²) in [5, 5.41) is 14.8. The van der Waals surface area contributed by atoms with Crippen molar-refractivity contribution in [2.45, 2.75) is 142 Å². The van der Waals surface area contributed by atoms with Gasteiger partial charge in [0, 0.05) is 6.42 Å². The summed E-state index contributed by atoms with van der Waals surface area (Å²) in [6.45, 7) is 4.71. The minimum Gasteiger partial charge on any atom is -0.480 e. The Labute approximate surface area is 214 Å². The van der Waals surface area contributed by atoms with Gasteiger partial charge in [-0.2, -0.15) is 0 Å². The van der Waals surface area contributed by atoms with E-state index in [1.54, 1.807) is 6.92 Å². The Morgan fingerprint density at radius 1 is 0.765 bits per heavy atom. The van der Waals surface area contributed by atoms with Crippen molar-refractivity contribution >= 4 is 30.2 Å². The molecule has 0 rings (SSSR count). The zero-order valence-electron chi connectivity index (χ0n) is 21.7. The molecule has 0 aliphatic heterocycles. The number of nitrogens with two attached hydrogens (primary N) is 1. The minimum absolute atomic E-state index is 0. The number of carboxylic acids is 1. The molecule has 0 aromatic rings. The average Bonchev–Trinajstić information content (AvgIpc) is 2.77. The summed E-state index contributed by atoms with van der Waals surface area (Å²) >= 11 is 0. The largest absolute Gasteiger partial charge is 0.480 e. The summed E-state index contributed by atoms with van der Waals surface area (Å²) in [7, 11) is 0. The molecule has 0 fully saturated rings. The summed E-state index contributed by atoms with van der Waals surface area (Å²) < 4.78 is 0. The fourth-order valence-corrected chi connectivity index (χ4v) is 3.93. The predicted molar refractivity (Wildman–Crippen MR) is 142 cm³/mol. The number of nitrogens with one attached hydrogen (secondary N) is 2. The Morgan fingerprint density at radius 3 is 1.56 bits per heavy atom. The number of hydrogen-bond acceptors (Lipinski definition) is 4. The van der Waals surface area contributed by atoms with Crippen LogP contribution in [-0.4, -0.2) is 41.5 Å². The highest BCUT2D eigenvalue weighted by atomic mass is 35.5. The molecule has 0 bridgehead atoms. The zero-order valence-corrected chi connectivity index (χ0v) is 22.6. The van der Waals surface area contributed by atoms with Crippen LogP contribution in [0.4, 0.5) is 0 Å². The van der Waals surface area contributed by atoms with Crippen LogP contribution in [0.25, 0.3) is 0 Å². The molecule has 2 atom stereocenters. The van der Waals surface area contributed by atoms with Gasteiger partial charge in [-0.05, 0) is 26.3 Å². The molecule has 0 saturated heterocycles. The average molecular weight is 506 g/mol. The van der Waals surface area contributed by atoms with Gasteiger partial charge in [-0.3, -0.25) is 9.59 Å². The highest BCUT2D eigenvalue weighted by Crippen LogP contribution is 2.13. The first-order chi connectivity index (χ1) is 15.9. The van der Waals surface area contributed by atoms with Crippen LogP contribution in [0.5, 0.6) is 0 Å². The molecule has 5 N–H and O–H groups in total. The molecule has 2 amide bonds. The standard InChI is InChI=1S/C26H51N3O4.ClH/c1-3-4-5-6-7-8-9-10-11-12-13-14-15-16-17-18-21-28-22(2)25(31)29-23(26(32)33)19-20-24(27)30;/h22-23,28H,3-21H2,1-2H3,(H2,27,30)(H,29,31)(H,32,33);1H. The first-order valence-corrected chi connectivity index (χ1v) is 13.4. The van der Waals surface area contributed by atoms with Crippen LogP contribution < -0.4 is 16.4 Å². The second-order valence-electron chi connectivity index (χ2n) is 9.38. The Kier molecular flexibility index (Phi) is 25.4. The number of hydrogen-bond donors (Lipinski definition) is 4. The molecular formula is C26H52ClN3O4. The number of rotatable bonds is 24. The quantitative estimate of drug-likeness (QED) is 0.129. The monoisotopic (exact) mass is 505 g/mol. The Bertz CT molecular complexity index is 520. The van der Waals surface area contributed by atoms with Gasteiger partial charge in [-0.25, -0.2) is 4.79 Å². The first-order valence-electron chi connectivity index (χ1n) is 13.4. The normalized spacial score (nSPS) is 12.5. The Morgan fingerprint density at radius 2 is 1.18 bits per heavy atom. The smallest absolute Gasteiger partial charge is 0.326 e. The van der Waals surface area contributed by atoms with Crippen molar-refractivity contribution in [2.24, 2.45) is 5.73 Å². The maximum absolute atomic E-state index is 12.2. The fourth-order valence-electron chi connectivity index (χ4n) is 3.93. The summed E-state index contributed by atoms with van der Waals surface area (Å²) in [6, 6.07) is -1.57. The van der Waals surface area contributed by atoms with Crippen LogP contribution in [0.15, 0.2) is 0 Å². The maximum Gasteiger partial charge on any atom is 0.326 e. The molecule has 0 aliphatic rings. The molecule has 34 heavy (non-hydrogen) atoms. The lowest BCUT2D eigenvalue weighted by Gasteiger charge is -2.18. The number of primary amides is 1. The third kappa shape index (κ3) is 22.5. The van der Waals surface area contributed by atoms with E-state index in [0.717, 1.165) is 19.4 Å². The van der Waals surface area contributed by atoms with E-state index in [4.69, 9.17) is 10.8 Å².